The Hall–Kier alpha value is -1.07. The summed E-state index contributed by atoms with van der Waals surface area (Å²) in [7, 11) is 0. The molecular formula is C11H10BrClN2O2. The van der Waals surface area contributed by atoms with Crippen LogP contribution in [0.3, 0.4) is 0 Å². The zero-order valence-electron chi connectivity index (χ0n) is 8.87. The molecule has 0 spiro atoms. The molecule has 0 saturated carbocycles. The van der Waals surface area contributed by atoms with Crippen molar-refractivity contribution < 1.29 is 9.59 Å². The van der Waals surface area contributed by atoms with E-state index in [4.69, 9.17) is 11.6 Å². The van der Waals surface area contributed by atoms with Crippen LogP contribution in [0.5, 0.6) is 0 Å². The number of carbonyl (C=O) groups excluding carboxylic acids is 2. The molecule has 1 heterocycles. The van der Waals surface area contributed by atoms with E-state index in [0.29, 0.717) is 28.1 Å². The van der Waals surface area contributed by atoms with E-state index in [-0.39, 0.29) is 18.4 Å². The zero-order chi connectivity index (χ0) is 12.4. The number of carbonyl (C=O) groups is 2. The summed E-state index contributed by atoms with van der Waals surface area (Å²) in [5.41, 5.74) is 0.524. The summed E-state index contributed by atoms with van der Waals surface area (Å²) in [5.74, 6) is -0.283. The van der Waals surface area contributed by atoms with Crippen LogP contribution in [-0.2, 0) is 4.79 Å². The van der Waals surface area contributed by atoms with Gasteiger partial charge in [-0.25, -0.2) is 0 Å². The third-order valence-electron chi connectivity index (χ3n) is 2.49. The molecule has 1 aromatic rings. The van der Waals surface area contributed by atoms with Crippen molar-refractivity contribution in [2.75, 3.05) is 19.6 Å². The molecule has 17 heavy (non-hydrogen) atoms. The van der Waals surface area contributed by atoms with E-state index in [2.05, 4.69) is 21.2 Å². The van der Waals surface area contributed by atoms with Crippen molar-refractivity contribution >= 4 is 39.3 Å². The second kappa shape index (κ2) is 5.06. The fourth-order valence-corrected chi connectivity index (χ4v) is 2.12. The molecule has 0 aliphatic carbocycles. The van der Waals surface area contributed by atoms with Crippen LogP contribution in [0, 0.1) is 0 Å². The molecule has 6 heteroatoms. The smallest absolute Gasteiger partial charge is 0.254 e. The highest BCUT2D eigenvalue weighted by Gasteiger charge is 2.22. The van der Waals surface area contributed by atoms with Gasteiger partial charge in [-0.2, -0.15) is 0 Å². The van der Waals surface area contributed by atoms with E-state index in [9.17, 15) is 9.59 Å². The molecule has 4 nitrogen and oxygen atoms in total. The summed E-state index contributed by atoms with van der Waals surface area (Å²) in [6.45, 7) is 1.14. The molecule has 2 rings (SSSR count). The number of halogens is 2. The fraction of sp³-hybridized carbons (Fsp3) is 0.273. The molecule has 0 atom stereocenters. The lowest BCUT2D eigenvalue weighted by molar-refractivity contribution is -0.123. The maximum Gasteiger partial charge on any atom is 0.254 e. The lowest BCUT2D eigenvalue weighted by Gasteiger charge is -2.26. The van der Waals surface area contributed by atoms with Crippen LogP contribution >= 0.6 is 27.5 Å². The minimum absolute atomic E-state index is 0.110. The Morgan fingerprint density at radius 1 is 1.47 bits per heavy atom. The number of rotatable bonds is 1. The van der Waals surface area contributed by atoms with Gasteiger partial charge in [-0.1, -0.05) is 11.6 Å². The summed E-state index contributed by atoms with van der Waals surface area (Å²) >= 11 is 9.13. The summed E-state index contributed by atoms with van der Waals surface area (Å²) < 4.78 is 0.673. The maximum absolute atomic E-state index is 12.1. The third kappa shape index (κ3) is 2.79. The second-order valence-electron chi connectivity index (χ2n) is 3.71. The number of hydrogen-bond donors (Lipinski definition) is 1. The maximum atomic E-state index is 12.1. The average molecular weight is 318 g/mol. The van der Waals surface area contributed by atoms with Crippen LogP contribution < -0.4 is 5.32 Å². The van der Waals surface area contributed by atoms with Crippen LogP contribution in [0.2, 0.25) is 5.02 Å². The third-order valence-corrected chi connectivity index (χ3v) is 3.71. The minimum Gasteiger partial charge on any atom is -0.353 e. The quantitative estimate of drug-likeness (QED) is 0.856. The van der Waals surface area contributed by atoms with Crippen molar-refractivity contribution in [1.82, 2.24) is 10.2 Å². The van der Waals surface area contributed by atoms with Gasteiger partial charge in [0.15, 0.2) is 0 Å². The summed E-state index contributed by atoms with van der Waals surface area (Å²) in [5, 5.41) is 3.23. The van der Waals surface area contributed by atoms with Gasteiger partial charge in [0.2, 0.25) is 5.91 Å². The minimum atomic E-state index is -0.155. The highest BCUT2D eigenvalue weighted by atomic mass is 79.9. The Balaban J connectivity index is 2.18. The van der Waals surface area contributed by atoms with Crippen molar-refractivity contribution in [2.45, 2.75) is 0 Å². The SMILES string of the molecule is O=C1CN(C(=O)c2ccc(Cl)c(Br)c2)CCN1. The highest BCUT2D eigenvalue weighted by molar-refractivity contribution is 9.10. The molecule has 0 bridgehead atoms. The highest BCUT2D eigenvalue weighted by Crippen LogP contribution is 2.23. The van der Waals surface area contributed by atoms with Gasteiger partial charge in [-0.3, -0.25) is 9.59 Å². The number of benzene rings is 1. The molecule has 1 aliphatic heterocycles. The predicted molar refractivity (Wildman–Crippen MR) is 68.1 cm³/mol. The number of amides is 2. The van der Waals surface area contributed by atoms with Crippen LogP contribution in [0.1, 0.15) is 10.4 Å². The van der Waals surface area contributed by atoms with E-state index in [1.54, 1.807) is 18.2 Å². The van der Waals surface area contributed by atoms with Gasteiger partial charge in [0, 0.05) is 23.1 Å². The van der Waals surface area contributed by atoms with E-state index in [1.165, 1.54) is 4.90 Å². The average Bonchev–Trinajstić information content (AvgIpc) is 2.32. The van der Waals surface area contributed by atoms with Gasteiger partial charge < -0.3 is 10.2 Å². The van der Waals surface area contributed by atoms with Crippen LogP contribution in [0.15, 0.2) is 22.7 Å². The standard InChI is InChI=1S/C11H10BrClN2O2/c12-8-5-7(1-2-9(8)13)11(17)15-4-3-14-10(16)6-15/h1-2,5H,3-4,6H2,(H,14,16). The van der Waals surface area contributed by atoms with Crippen molar-refractivity contribution in [3.8, 4) is 0 Å². The number of nitrogens with zero attached hydrogens (tertiary/aromatic N) is 1. The Kier molecular flexibility index (Phi) is 3.69. The normalized spacial score (nSPS) is 15.6. The largest absolute Gasteiger partial charge is 0.353 e. The van der Waals surface area contributed by atoms with Gasteiger partial charge in [0.05, 0.1) is 11.6 Å². The lowest BCUT2D eigenvalue weighted by Crippen LogP contribution is -2.49. The predicted octanol–water partition coefficient (Wildman–Crippen LogP) is 1.67. The molecule has 2 amide bonds. The first-order chi connectivity index (χ1) is 8.08. The van der Waals surface area contributed by atoms with Gasteiger partial charge >= 0.3 is 0 Å². The second-order valence-corrected chi connectivity index (χ2v) is 4.97. The Morgan fingerprint density at radius 2 is 2.24 bits per heavy atom. The molecule has 1 aromatic carbocycles. The van der Waals surface area contributed by atoms with Gasteiger partial charge in [-0.15, -0.1) is 0 Å². The molecule has 90 valence electrons. The van der Waals surface area contributed by atoms with Crippen LogP contribution in [0.4, 0.5) is 0 Å². The topological polar surface area (TPSA) is 49.4 Å². The first-order valence-corrected chi connectivity index (χ1v) is 6.26. The Bertz CT molecular complexity index is 479. The van der Waals surface area contributed by atoms with Crippen LogP contribution in [-0.4, -0.2) is 36.3 Å². The summed E-state index contributed by atoms with van der Waals surface area (Å²) in [6.07, 6.45) is 0. The lowest BCUT2D eigenvalue weighted by atomic mass is 10.2. The Labute approximate surface area is 112 Å². The van der Waals surface area contributed by atoms with Crippen molar-refractivity contribution in [3.63, 3.8) is 0 Å². The van der Waals surface area contributed by atoms with Gasteiger partial charge in [-0.05, 0) is 34.1 Å². The molecular weight excluding hydrogens is 307 g/mol. The fourth-order valence-electron chi connectivity index (χ4n) is 1.62. The summed E-state index contributed by atoms with van der Waals surface area (Å²) in [6, 6.07) is 4.97. The van der Waals surface area contributed by atoms with E-state index >= 15 is 0 Å². The molecule has 0 aromatic heterocycles. The molecule has 1 fully saturated rings. The summed E-state index contributed by atoms with van der Waals surface area (Å²) in [4.78, 5) is 24.8. The van der Waals surface area contributed by atoms with Gasteiger partial charge in [0.1, 0.15) is 0 Å². The molecule has 1 aliphatic rings. The number of piperazine rings is 1. The van der Waals surface area contributed by atoms with E-state index in [0.717, 1.165) is 0 Å². The molecule has 0 radical (unpaired) electrons. The first-order valence-electron chi connectivity index (χ1n) is 5.09. The molecule has 1 N–H and O–H groups in total. The number of hydrogen-bond acceptors (Lipinski definition) is 2. The first kappa shape index (κ1) is 12.4. The number of nitrogens with one attached hydrogen (secondary N) is 1. The van der Waals surface area contributed by atoms with E-state index in [1.807, 2.05) is 0 Å². The zero-order valence-corrected chi connectivity index (χ0v) is 11.2. The molecule has 0 unspecified atom stereocenters. The Morgan fingerprint density at radius 3 is 2.88 bits per heavy atom. The van der Waals surface area contributed by atoms with Crippen LogP contribution in [0.25, 0.3) is 0 Å². The van der Waals surface area contributed by atoms with Gasteiger partial charge in [0.25, 0.3) is 5.91 Å². The van der Waals surface area contributed by atoms with Crippen molar-refractivity contribution in [2.24, 2.45) is 0 Å². The molecule has 1 saturated heterocycles. The monoisotopic (exact) mass is 316 g/mol. The van der Waals surface area contributed by atoms with Crippen molar-refractivity contribution in [3.05, 3.63) is 33.3 Å². The van der Waals surface area contributed by atoms with Crippen molar-refractivity contribution in [1.29, 1.82) is 0 Å². The van der Waals surface area contributed by atoms with E-state index < -0.39 is 0 Å².